The minimum atomic E-state index is -0.545. The maximum absolute atomic E-state index is 12.1. The molecule has 0 saturated heterocycles. The molecule has 2 rings (SSSR count). The van der Waals surface area contributed by atoms with Gasteiger partial charge in [0.2, 0.25) is 0 Å². The Labute approximate surface area is 142 Å². The summed E-state index contributed by atoms with van der Waals surface area (Å²) in [5.74, 6) is -0.930. The van der Waals surface area contributed by atoms with Gasteiger partial charge in [-0.1, -0.05) is 13.3 Å². The Balaban J connectivity index is 1.96. The van der Waals surface area contributed by atoms with Crippen molar-refractivity contribution in [3.63, 3.8) is 0 Å². The Hall–Kier alpha value is -2.74. The Bertz CT molecular complexity index is 768. The number of hydrogen-bond acceptors (Lipinski definition) is 5. The van der Waals surface area contributed by atoms with Crippen LogP contribution in [0.2, 0.25) is 0 Å². The lowest BCUT2D eigenvalue weighted by atomic mass is 10.1. The third kappa shape index (κ3) is 4.17. The fourth-order valence-electron chi connectivity index (χ4n) is 2.13. The number of carbonyl (C=O) groups is 2. The van der Waals surface area contributed by atoms with Gasteiger partial charge in [0.15, 0.2) is 0 Å². The van der Waals surface area contributed by atoms with E-state index in [4.69, 9.17) is 0 Å². The summed E-state index contributed by atoms with van der Waals surface area (Å²) in [5.41, 5.74) is 5.91. The predicted octanol–water partition coefficient (Wildman–Crippen LogP) is 2.99. The number of hydrogen-bond donors (Lipinski definition) is 2. The summed E-state index contributed by atoms with van der Waals surface area (Å²) in [4.78, 5) is 35.7. The van der Waals surface area contributed by atoms with Crippen LogP contribution in [0, 0.1) is 17.0 Å². The zero-order valence-electron chi connectivity index (χ0n) is 13.3. The Morgan fingerprint density at radius 2 is 1.79 bits per heavy atom. The first-order valence-electron chi connectivity index (χ1n) is 7.36. The van der Waals surface area contributed by atoms with Crippen LogP contribution in [0.25, 0.3) is 0 Å². The summed E-state index contributed by atoms with van der Waals surface area (Å²) in [5, 5.41) is 10.6. The average Bonchev–Trinajstić information content (AvgIpc) is 2.94. The molecule has 0 aliphatic heterocycles. The highest BCUT2D eigenvalue weighted by Gasteiger charge is 2.14. The van der Waals surface area contributed by atoms with Gasteiger partial charge in [0, 0.05) is 22.6 Å². The number of amides is 2. The zero-order chi connectivity index (χ0) is 17.7. The largest absolute Gasteiger partial charge is 0.279 e. The number of nitrogens with one attached hydrogen (secondary N) is 2. The highest BCUT2D eigenvalue weighted by atomic mass is 32.1. The van der Waals surface area contributed by atoms with E-state index in [1.807, 2.05) is 13.0 Å². The molecule has 1 aromatic heterocycles. The van der Waals surface area contributed by atoms with Gasteiger partial charge in [-0.3, -0.25) is 30.6 Å². The van der Waals surface area contributed by atoms with E-state index in [1.54, 1.807) is 0 Å². The minimum absolute atomic E-state index is 0.104. The molecule has 0 fully saturated rings. The van der Waals surface area contributed by atoms with Crippen molar-refractivity contribution in [1.82, 2.24) is 10.9 Å². The second-order valence-corrected chi connectivity index (χ2v) is 6.41. The third-order valence-electron chi connectivity index (χ3n) is 3.39. The summed E-state index contributed by atoms with van der Waals surface area (Å²) in [7, 11) is 0. The number of benzene rings is 1. The van der Waals surface area contributed by atoms with Crippen molar-refractivity contribution in [3.8, 4) is 0 Å². The second kappa shape index (κ2) is 7.69. The number of hydrazine groups is 1. The van der Waals surface area contributed by atoms with E-state index in [0.29, 0.717) is 4.88 Å². The summed E-state index contributed by atoms with van der Waals surface area (Å²) >= 11 is 1.38. The Kier molecular flexibility index (Phi) is 5.64. The predicted molar refractivity (Wildman–Crippen MR) is 91.1 cm³/mol. The van der Waals surface area contributed by atoms with Crippen LogP contribution in [0.1, 0.15) is 43.8 Å². The molecule has 2 amide bonds. The van der Waals surface area contributed by atoms with E-state index in [9.17, 15) is 19.7 Å². The van der Waals surface area contributed by atoms with Crippen LogP contribution in [0.15, 0.2) is 30.3 Å². The van der Waals surface area contributed by atoms with Crippen molar-refractivity contribution in [2.75, 3.05) is 0 Å². The monoisotopic (exact) mass is 347 g/mol. The van der Waals surface area contributed by atoms with Crippen molar-refractivity contribution in [1.29, 1.82) is 0 Å². The molecule has 7 nitrogen and oxygen atoms in total. The second-order valence-electron chi connectivity index (χ2n) is 5.15. The molecule has 2 aromatic rings. The molecule has 0 spiro atoms. The fraction of sp³-hybridized carbons (Fsp3) is 0.250. The van der Waals surface area contributed by atoms with E-state index in [0.717, 1.165) is 23.3 Å². The standard InChI is InChI=1S/C16H17N3O4S/c1-3-4-12-9-14(24-10(12)2)16(21)18-17-15(20)11-5-7-13(8-6-11)19(22)23/h5-9H,3-4H2,1-2H3,(H,17,20)(H,18,21). The van der Waals surface area contributed by atoms with E-state index in [1.165, 1.54) is 35.6 Å². The number of nitrogens with zero attached hydrogens (tertiary/aromatic N) is 1. The van der Waals surface area contributed by atoms with Gasteiger partial charge in [0.25, 0.3) is 17.5 Å². The Morgan fingerprint density at radius 1 is 1.17 bits per heavy atom. The summed E-state index contributed by atoms with van der Waals surface area (Å²) in [6.07, 6.45) is 1.90. The molecule has 126 valence electrons. The number of non-ortho nitro benzene ring substituents is 1. The highest BCUT2D eigenvalue weighted by Crippen LogP contribution is 2.22. The van der Waals surface area contributed by atoms with Gasteiger partial charge < -0.3 is 0 Å². The topological polar surface area (TPSA) is 101 Å². The molecule has 2 N–H and O–H groups in total. The van der Waals surface area contributed by atoms with Crippen molar-refractivity contribution in [3.05, 3.63) is 61.3 Å². The maximum atomic E-state index is 12.1. The number of nitro groups is 1. The molecule has 0 unspecified atom stereocenters. The van der Waals surface area contributed by atoms with Crippen LogP contribution in [-0.4, -0.2) is 16.7 Å². The van der Waals surface area contributed by atoms with E-state index in [2.05, 4.69) is 17.8 Å². The van der Waals surface area contributed by atoms with Gasteiger partial charge >= 0.3 is 0 Å². The number of carbonyl (C=O) groups excluding carboxylic acids is 2. The molecule has 1 heterocycles. The average molecular weight is 347 g/mol. The summed E-state index contributed by atoms with van der Waals surface area (Å²) < 4.78 is 0. The zero-order valence-corrected chi connectivity index (χ0v) is 14.1. The van der Waals surface area contributed by atoms with Gasteiger partial charge in [-0.05, 0) is 37.1 Å². The number of nitro benzene ring substituents is 1. The molecule has 0 saturated carbocycles. The molecule has 0 aliphatic rings. The van der Waals surface area contributed by atoms with Gasteiger partial charge in [-0.2, -0.15) is 0 Å². The third-order valence-corrected chi connectivity index (χ3v) is 4.49. The first-order chi connectivity index (χ1) is 11.4. The van der Waals surface area contributed by atoms with E-state index < -0.39 is 10.8 Å². The van der Waals surface area contributed by atoms with Crippen LogP contribution >= 0.6 is 11.3 Å². The maximum Gasteiger partial charge on any atom is 0.279 e. The van der Waals surface area contributed by atoms with Gasteiger partial charge in [0.05, 0.1) is 9.80 Å². The van der Waals surface area contributed by atoms with Gasteiger partial charge in [-0.15, -0.1) is 11.3 Å². The quantitative estimate of drug-likeness (QED) is 0.641. The molecule has 1 aromatic carbocycles. The van der Waals surface area contributed by atoms with Gasteiger partial charge in [0.1, 0.15) is 0 Å². The lowest BCUT2D eigenvalue weighted by Crippen LogP contribution is -2.41. The summed E-state index contributed by atoms with van der Waals surface area (Å²) in [6.45, 7) is 4.03. The number of aryl methyl sites for hydroxylation is 2. The number of rotatable bonds is 5. The number of thiophene rings is 1. The smallest absolute Gasteiger partial charge is 0.267 e. The van der Waals surface area contributed by atoms with Crippen LogP contribution in [-0.2, 0) is 6.42 Å². The molecular weight excluding hydrogens is 330 g/mol. The SMILES string of the molecule is CCCc1cc(C(=O)NNC(=O)c2ccc([N+](=O)[O-])cc2)sc1C. The van der Waals surface area contributed by atoms with Crippen LogP contribution in [0.4, 0.5) is 5.69 Å². The molecule has 8 heteroatoms. The molecular formula is C16H17N3O4S. The van der Waals surface area contributed by atoms with Crippen molar-refractivity contribution < 1.29 is 14.5 Å². The lowest BCUT2D eigenvalue weighted by molar-refractivity contribution is -0.384. The normalized spacial score (nSPS) is 10.2. The van der Waals surface area contributed by atoms with Crippen molar-refractivity contribution in [2.24, 2.45) is 0 Å². The summed E-state index contributed by atoms with van der Waals surface area (Å²) in [6, 6.07) is 6.95. The van der Waals surface area contributed by atoms with Crippen LogP contribution in [0.3, 0.4) is 0 Å². The molecule has 0 atom stereocenters. The Morgan fingerprint density at radius 3 is 2.38 bits per heavy atom. The van der Waals surface area contributed by atoms with Crippen molar-refractivity contribution in [2.45, 2.75) is 26.7 Å². The molecule has 0 bridgehead atoms. The first kappa shape index (κ1) is 17.6. The van der Waals surface area contributed by atoms with Crippen LogP contribution < -0.4 is 10.9 Å². The van der Waals surface area contributed by atoms with Crippen LogP contribution in [0.5, 0.6) is 0 Å². The molecule has 0 radical (unpaired) electrons. The first-order valence-corrected chi connectivity index (χ1v) is 8.18. The fourth-order valence-corrected chi connectivity index (χ4v) is 3.10. The van der Waals surface area contributed by atoms with E-state index >= 15 is 0 Å². The molecule has 0 aliphatic carbocycles. The van der Waals surface area contributed by atoms with E-state index in [-0.39, 0.29) is 17.2 Å². The lowest BCUT2D eigenvalue weighted by Gasteiger charge is -2.06. The van der Waals surface area contributed by atoms with Crippen molar-refractivity contribution >= 4 is 28.8 Å². The van der Waals surface area contributed by atoms with Gasteiger partial charge in [-0.25, -0.2) is 0 Å². The minimum Gasteiger partial charge on any atom is -0.267 e. The highest BCUT2D eigenvalue weighted by molar-refractivity contribution is 7.14. The molecule has 24 heavy (non-hydrogen) atoms.